The van der Waals surface area contributed by atoms with Crippen molar-refractivity contribution in [2.75, 3.05) is 0 Å². The van der Waals surface area contributed by atoms with Crippen molar-refractivity contribution in [3.63, 3.8) is 0 Å². The molecular formula is C11H6ClF2N3. The van der Waals surface area contributed by atoms with E-state index in [1.54, 1.807) is 12.3 Å². The molecule has 1 aromatic heterocycles. The minimum Gasteiger partial charge on any atom is -0.268 e. The topological polar surface area (TPSA) is 41.6 Å². The molecule has 1 heterocycles. The van der Waals surface area contributed by atoms with Gasteiger partial charge in [0.2, 0.25) is 0 Å². The van der Waals surface area contributed by atoms with E-state index in [2.05, 4.69) is 5.10 Å². The van der Waals surface area contributed by atoms with Crippen molar-refractivity contribution in [2.45, 2.75) is 6.54 Å². The zero-order valence-electron chi connectivity index (χ0n) is 8.49. The van der Waals surface area contributed by atoms with Crippen LogP contribution in [0.2, 0.25) is 5.02 Å². The molecule has 0 unspecified atom stereocenters. The van der Waals surface area contributed by atoms with Crippen LogP contribution >= 0.6 is 11.6 Å². The Morgan fingerprint density at radius 1 is 1.47 bits per heavy atom. The summed E-state index contributed by atoms with van der Waals surface area (Å²) in [6.45, 7) is 0.0567. The summed E-state index contributed by atoms with van der Waals surface area (Å²) >= 11 is 5.58. The van der Waals surface area contributed by atoms with E-state index in [0.717, 1.165) is 6.07 Å². The van der Waals surface area contributed by atoms with Crippen LogP contribution in [0.1, 0.15) is 11.1 Å². The van der Waals surface area contributed by atoms with Crippen LogP contribution in [0, 0.1) is 23.0 Å². The molecule has 0 saturated carbocycles. The van der Waals surface area contributed by atoms with Crippen LogP contribution < -0.4 is 0 Å². The summed E-state index contributed by atoms with van der Waals surface area (Å²) in [4.78, 5) is 0. The van der Waals surface area contributed by atoms with E-state index in [4.69, 9.17) is 16.9 Å². The fraction of sp³-hybridized carbons (Fsp3) is 0.0909. The molecule has 0 spiro atoms. The lowest BCUT2D eigenvalue weighted by molar-refractivity contribution is 0.565. The minimum atomic E-state index is -0.832. The van der Waals surface area contributed by atoms with Crippen molar-refractivity contribution in [3.05, 3.63) is 52.3 Å². The summed E-state index contributed by atoms with van der Waals surface area (Å²) < 4.78 is 28.6. The van der Waals surface area contributed by atoms with Crippen LogP contribution in [0.4, 0.5) is 8.78 Å². The van der Waals surface area contributed by atoms with Gasteiger partial charge in [0.15, 0.2) is 0 Å². The van der Waals surface area contributed by atoms with Gasteiger partial charge in [-0.25, -0.2) is 8.78 Å². The molecule has 0 radical (unpaired) electrons. The van der Waals surface area contributed by atoms with Crippen LogP contribution in [0.15, 0.2) is 24.5 Å². The van der Waals surface area contributed by atoms with E-state index in [1.807, 2.05) is 0 Å². The maximum Gasteiger partial charge on any atom is 0.148 e. The van der Waals surface area contributed by atoms with Gasteiger partial charge < -0.3 is 0 Å². The molecule has 17 heavy (non-hydrogen) atoms. The number of nitrogens with zero attached hydrogens (tertiary/aromatic N) is 3. The highest BCUT2D eigenvalue weighted by Crippen LogP contribution is 2.25. The van der Waals surface area contributed by atoms with Gasteiger partial charge in [-0.15, -0.1) is 0 Å². The first-order chi connectivity index (χ1) is 8.13. The second-order valence-corrected chi connectivity index (χ2v) is 3.71. The molecule has 0 atom stereocenters. The molecule has 2 rings (SSSR count). The normalized spacial score (nSPS) is 10.2. The molecule has 6 heteroatoms. The Morgan fingerprint density at radius 2 is 2.24 bits per heavy atom. The number of nitriles is 1. The van der Waals surface area contributed by atoms with Gasteiger partial charge >= 0.3 is 0 Å². The highest BCUT2D eigenvalue weighted by molar-refractivity contribution is 6.32. The van der Waals surface area contributed by atoms with Crippen LogP contribution in [-0.2, 0) is 6.54 Å². The monoisotopic (exact) mass is 253 g/mol. The van der Waals surface area contributed by atoms with Crippen molar-refractivity contribution in [1.82, 2.24) is 9.78 Å². The quantitative estimate of drug-likeness (QED) is 0.772. The van der Waals surface area contributed by atoms with Gasteiger partial charge in [-0.1, -0.05) is 11.6 Å². The molecule has 1 aromatic carbocycles. The lowest BCUT2D eigenvalue weighted by Gasteiger charge is -2.07. The van der Waals surface area contributed by atoms with E-state index in [9.17, 15) is 8.78 Å². The molecule has 2 aromatic rings. The fourth-order valence-electron chi connectivity index (χ4n) is 1.43. The molecule has 0 amide bonds. The second kappa shape index (κ2) is 4.52. The zero-order chi connectivity index (χ0) is 12.4. The number of hydrogen-bond acceptors (Lipinski definition) is 2. The van der Waals surface area contributed by atoms with Crippen LogP contribution in [-0.4, -0.2) is 9.78 Å². The standard InChI is InChI=1S/C11H6ClF2N3/c12-10-8(5-15)9(13)4-7(11(10)14)6-17-3-1-2-16-17/h1-4H,6H2. The summed E-state index contributed by atoms with van der Waals surface area (Å²) in [6, 6.07) is 4.15. The fourth-order valence-corrected chi connectivity index (χ4v) is 1.68. The van der Waals surface area contributed by atoms with Crippen molar-refractivity contribution in [2.24, 2.45) is 0 Å². The third kappa shape index (κ3) is 2.12. The number of rotatable bonds is 2. The Labute approximate surface area is 101 Å². The third-order valence-corrected chi connectivity index (χ3v) is 2.59. The lowest BCUT2D eigenvalue weighted by atomic mass is 10.1. The smallest absolute Gasteiger partial charge is 0.148 e. The number of benzene rings is 1. The largest absolute Gasteiger partial charge is 0.268 e. The first kappa shape index (κ1) is 11.6. The van der Waals surface area contributed by atoms with Gasteiger partial charge in [0.25, 0.3) is 0 Å². The summed E-state index contributed by atoms with van der Waals surface area (Å²) in [5, 5.41) is 12.0. The number of halogens is 3. The molecule has 0 bridgehead atoms. The zero-order valence-corrected chi connectivity index (χ0v) is 9.25. The molecule has 0 N–H and O–H groups in total. The third-order valence-electron chi connectivity index (χ3n) is 2.24. The molecule has 3 nitrogen and oxygen atoms in total. The van der Waals surface area contributed by atoms with Gasteiger partial charge in [0.1, 0.15) is 23.3 Å². The predicted molar refractivity (Wildman–Crippen MR) is 57.4 cm³/mol. The average Bonchev–Trinajstić information content (AvgIpc) is 2.79. The number of aromatic nitrogens is 2. The minimum absolute atomic E-state index is 0.0511. The van der Waals surface area contributed by atoms with E-state index in [-0.39, 0.29) is 12.1 Å². The highest BCUT2D eigenvalue weighted by Gasteiger charge is 2.17. The Morgan fingerprint density at radius 3 is 2.82 bits per heavy atom. The lowest BCUT2D eigenvalue weighted by Crippen LogP contribution is -2.05. The molecule has 0 aliphatic rings. The Balaban J connectivity index is 2.47. The maximum absolute atomic E-state index is 13.7. The van der Waals surface area contributed by atoms with Gasteiger partial charge in [-0.05, 0) is 12.1 Å². The molecule has 86 valence electrons. The Bertz CT molecular complexity index is 588. The van der Waals surface area contributed by atoms with Crippen molar-refractivity contribution in [1.29, 1.82) is 5.26 Å². The van der Waals surface area contributed by atoms with E-state index < -0.39 is 22.2 Å². The molecular weight excluding hydrogens is 248 g/mol. The van der Waals surface area contributed by atoms with Crippen LogP contribution in [0.3, 0.4) is 0 Å². The highest BCUT2D eigenvalue weighted by atomic mass is 35.5. The molecule has 0 aliphatic carbocycles. The average molecular weight is 254 g/mol. The maximum atomic E-state index is 13.7. The summed E-state index contributed by atoms with van der Waals surface area (Å²) in [5.41, 5.74) is -0.427. The van der Waals surface area contributed by atoms with Crippen molar-refractivity contribution in [3.8, 4) is 6.07 Å². The summed E-state index contributed by atoms with van der Waals surface area (Å²) in [7, 11) is 0. The van der Waals surface area contributed by atoms with E-state index >= 15 is 0 Å². The van der Waals surface area contributed by atoms with Gasteiger partial charge in [-0.3, -0.25) is 4.68 Å². The van der Waals surface area contributed by atoms with Crippen molar-refractivity contribution >= 4 is 11.6 Å². The van der Waals surface area contributed by atoms with E-state index in [0.29, 0.717) is 0 Å². The molecule has 0 aliphatic heterocycles. The van der Waals surface area contributed by atoms with Crippen LogP contribution in [0.25, 0.3) is 0 Å². The first-order valence-electron chi connectivity index (χ1n) is 4.67. The first-order valence-corrected chi connectivity index (χ1v) is 5.05. The molecule has 0 saturated heterocycles. The Kier molecular flexibility index (Phi) is 3.07. The van der Waals surface area contributed by atoms with E-state index in [1.165, 1.54) is 16.9 Å². The molecule has 0 fully saturated rings. The van der Waals surface area contributed by atoms with Gasteiger partial charge in [0.05, 0.1) is 11.6 Å². The Hall–Kier alpha value is -1.93. The van der Waals surface area contributed by atoms with Crippen LogP contribution in [0.5, 0.6) is 0 Å². The summed E-state index contributed by atoms with van der Waals surface area (Å²) in [6.07, 6.45) is 3.14. The van der Waals surface area contributed by atoms with Gasteiger partial charge in [-0.2, -0.15) is 10.4 Å². The summed E-state index contributed by atoms with van der Waals surface area (Å²) in [5.74, 6) is -1.62. The predicted octanol–water partition coefficient (Wildman–Crippen LogP) is 2.73. The number of hydrogen-bond donors (Lipinski definition) is 0. The van der Waals surface area contributed by atoms with Gasteiger partial charge in [0, 0.05) is 18.0 Å². The van der Waals surface area contributed by atoms with Crippen molar-refractivity contribution < 1.29 is 8.78 Å². The SMILES string of the molecule is N#Cc1c(F)cc(Cn2cccn2)c(F)c1Cl. The second-order valence-electron chi connectivity index (χ2n) is 3.34.